The molecule has 0 aliphatic rings. The summed E-state index contributed by atoms with van der Waals surface area (Å²) in [5, 5.41) is 0. The van der Waals surface area contributed by atoms with Gasteiger partial charge in [0.1, 0.15) is 0 Å². The van der Waals surface area contributed by atoms with Crippen molar-refractivity contribution in [3.05, 3.63) is 29.3 Å². The fourth-order valence-corrected chi connectivity index (χ4v) is 1.29. The van der Waals surface area contributed by atoms with E-state index in [0.717, 1.165) is 12.1 Å². The van der Waals surface area contributed by atoms with Gasteiger partial charge in [0.25, 0.3) is 0 Å². The van der Waals surface area contributed by atoms with Crippen LogP contribution in [0.2, 0.25) is 0 Å². The molecule has 0 N–H and O–H groups in total. The number of benzene rings is 1. The number of hydrogen-bond acceptors (Lipinski definition) is 2. The van der Waals surface area contributed by atoms with Crippen molar-refractivity contribution in [3.63, 3.8) is 0 Å². The Labute approximate surface area is 90.8 Å². The Morgan fingerprint density at radius 1 is 1.31 bits per heavy atom. The molecule has 16 heavy (non-hydrogen) atoms. The van der Waals surface area contributed by atoms with Crippen LogP contribution in [0.1, 0.15) is 30.9 Å². The average molecular weight is 229 g/mol. The Bertz CT molecular complexity index is 431. The van der Waals surface area contributed by atoms with Gasteiger partial charge in [0.05, 0.1) is 11.3 Å². The molecule has 0 fully saturated rings. The van der Waals surface area contributed by atoms with Gasteiger partial charge in [-0.25, -0.2) is 4.79 Å². The van der Waals surface area contributed by atoms with Crippen molar-refractivity contribution in [2.45, 2.75) is 25.9 Å². The molecule has 5 heteroatoms. The van der Waals surface area contributed by atoms with Gasteiger partial charge in [0.2, 0.25) is 6.08 Å². The van der Waals surface area contributed by atoms with E-state index in [1.807, 2.05) is 0 Å². The zero-order valence-electron chi connectivity index (χ0n) is 8.80. The monoisotopic (exact) mass is 229 g/mol. The second-order valence-electron chi connectivity index (χ2n) is 3.63. The minimum absolute atomic E-state index is 0.0182. The standard InChI is InChI=1S/C11H10F3NO/c1-7(2)8-3-4-10(15-6-16)9(5-8)11(12,13)14/h3-5,7H,1-2H3. The maximum absolute atomic E-state index is 12.6. The van der Waals surface area contributed by atoms with Crippen LogP contribution in [0, 0.1) is 0 Å². The maximum atomic E-state index is 12.6. The second kappa shape index (κ2) is 4.49. The zero-order chi connectivity index (χ0) is 12.3. The van der Waals surface area contributed by atoms with Crippen LogP contribution in [-0.2, 0) is 11.0 Å². The summed E-state index contributed by atoms with van der Waals surface area (Å²) >= 11 is 0. The lowest BCUT2D eigenvalue weighted by atomic mass is 9.99. The topological polar surface area (TPSA) is 29.4 Å². The van der Waals surface area contributed by atoms with E-state index in [9.17, 15) is 18.0 Å². The van der Waals surface area contributed by atoms with Gasteiger partial charge in [-0.1, -0.05) is 19.9 Å². The third-order valence-corrected chi connectivity index (χ3v) is 2.16. The summed E-state index contributed by atoms with van der Waals surface area (Å²) in [6, 6.07) is 3.72. The largest absolute Gasteiger partial charge is 0.418 e. The number of rotatable bonds is 2. The number of halogens is 3. The minimum Gasteiger partial charge on any atom is -0.211 e. The van der Waals surface area contributed by atoms with Crippen molar-refractivity contribution in [2.24, 2.45) is 4.99 Å². The Morgan fingerprint density at radius 2 is 1.94 bits per heavy atom. The van der Waals surface area contributed by atoms with Crippen molar-refractivity contribution in [1.29, 1.82) is 0 Å². The summed E-state index contributed by atoms with van der Waals surface area (Å²) < 4.78 is 37.9. The van der Waals surface area contributed by atoms with Crippen LogP contribution in [0.5, 0.6) is 0 Å². The zero-order valence-corrected chi connectivity index (χ0v) is 8.80. The van der Waals surface area contributed by atoms with Gasteiger partial charge in [-0.15, -0.1) is 0 Å². The van der Waals surface area contributed by atoms with Gasteiger partial charge in [0, 0.05) is 0 Å². The summed E-state index contributed by atoms with van der Waals surface area (Å²) in [6.07, 6.45) is -3.39. The van der Waals surface area contributed by atoms with Gasteiger partial charge in [-0.3, -0.25) is 0 Å². The molecule has 0 atom stereocenters. The van der Waals surface area contributed by atoms with Crippen LogP contribution in [-0.4, -0.2) is 6.08 Å². The molecule has 0 radical (unpaired) electrons. The van der Waals surface area contributed by atoms with Crippen molar-refractivity contribution < 1.29 is 18.0 Å². The fraction of sp³-hybridized carbons (Fsp3) is 0.364. The lowest BCUT2D eigenvalue weighted by Gasteiger charge is -2.12. The van der Waals surface area contributed by atoms with Crippen LogP contribution in [0.3, 0.4) is 0 Å². The summed E-state index contributed by atoms with van der Waals surface area (Å²) in [5.74, 6) is -0.0182. The molecule has 0 amide bonds. The number of isocyanates is 1. The molecular weight excluding hydrogens is 219 g/mol. The van der Waals surface area contributed by atoms with Gasteiger partial charge in [-0.05, 0) is 23.6 Å². The summed E-state index contributed by atoms with van der Waals surface area (Å²) in [4.78, 5) is 13.1. The lowest BCUT2D eigenvalue weighted by molar-refractivity contribution is -0.137. The van der Waals surface area contributed by atoms with E-state index in [2.05, 4.69) is 4.99 Å². The van der Waals surface area contributed by atoms with Crippen molar-refractivity contribution >= 4 is 11.8 Å². The molecule has 0 unspecified atom stereocenters. The molecule has 1 aromatic carbocycles. The van der Waals surface area contributed by atoms with Gasteiger partial charge in [0.15, 0.2) is 0 Å². The van der Waals surface area contributed by atoms with E-state index in [1.165, 1.54) is 12.1 Å². The molecule has 0 bridgehead atoms. The van der Waals surface area contributed by atoms with E-state index in [0.29, 0.717) is 5.56 Å². The Morgan fingerprint density at radius 3 is 2.38 bits per heavy atom. The van der Waals surface area contributed by atoms with Crippen molar-refractivity contribution in [3.8, 4) is 0 Å². The first kappa shape index (κ1) is 12.5. The smallest absolute Gasteiger partial charge is 0.211 e. The Balaban J connectivity index is 3.38. The van der Waals surface area contributed by atoms with E-state index in [-0.39, 0.29) is 5.92 Å². The highest BCUT2D eigenvalue weighted by atomic mass is 19.4. The second-order valence-corrected chi connectivity index (χ2v) is 3.63. The number of nitrogens with zero attached hydrogens (tertiary/aromatic N) is 1. The molecular formula is C11H10F3NO. The average Bonchev–Trinajstić information content (AvgIpc) is 2.16. The molecule has 0 aromatic heterocycles. The summed E-state index contributed by atoms with van der Waals surface area (Å²) in [5.41, 5.74) is -0.744. The molecule has 0 aliphatic heterocycles. The minimum atomic E-state index is -4.51. The van der Waals surface area contributed by atoms with E-state index < -0.39 is 17.4 Å². The Kier molecular flexibility index (Phi) is 3.50. The molecule has 0 aliphatic carbocycles. The number of alkyl halides is 3. The first-order chi connectivity index (χ1) is 7.36. The molecule has 0 saturated heterocycles. The number of aliphatic imine (C=N–C) groups is 1. The van der Waals surface area contributed by atoms with Crippen LogP contribution in [0.15, 0.2) is 23.2 Å². The first-order valence-corrected chi connectivity index (χ1v) is 4.65. The SMILES string of the molecule is CC(C)c1ccc(N=C=O)c(C(F)(F)F)c1. The predicted molar refractivity (Wildman–Crippen MR) is 53.3 cm³/mol. The lowest BCUT2D eigenvalue weighted by Crippen LogP contribution is -2.06. The predicted octanol–water partition coefficient (Wildman–Crippen LogP) is 3.80. The van der Waals surface area contributed by atoms with E-state index in [1.54, 1.807) is 13.8 Å². The van der Waals surface area contributed by atoms with Crippen molar-refractivity contribution in [2.75, 3.05) is 0 Å². The maximum Gasteiger partial charge on any atom is 0.418 e. The van der Waals surface area contributed by atoms with Gasteiger partial charge in [-0.2, -0.15) is 18.2 Å². The van der Waals surface area contributed by atoms with Crippen LogP contribution >= 0.6 is 0 Å². The van der Waals surface area contributed by atoms with Gasteiger partial charge < -0.3 is 0 Å². The van der Waals surface area contributed by atoms with Crippen molar-refractivity contribution in [1.82, 2.24) is 0 Å². The molecule has 1 aromatic rings. The molecule has 0 saturated carbocycles. The normalized spacial score (nSPS) is 11.4. The highest BCUT2D eigenvalue weighted by Gasteiger charge is 2.34. The van der Waals surface area contributed by atoms with E-state index >= 15 is 0 Å². The molecule has 2 nitrogen and oxygen atoms in total. The highest BCUT2D eigenvalue weighted by Crippen LogP contribution is 2.37. The summed E-state index contributed by atoms with van der Waals surface area (Å²) in [6.45, 7) is 3.58. The molecule has 86 valence electrons. The molecule has 0 spiro atoms. The van der Waals surface area contributed by atoms with Crippen LogP contribution in [0.25, 0.3) is 0 Å². The fourth-order valence-electron chi connectivity index (χ4n) is 1.29. The summed E-state index contributed by atoms with van der Waals surface area (Å²) in [7, 11) is 0. The number of hydrogen-bond donors (Lipinski definition) is 0. The first-order valence-electron chi connectivity index (χ1n) is 4.65. The molecule has 1 rings (SSSR count). The highest BCUT2D eigenvalue weighted by molar-refractivity contribution is 5.56. The third kappa shape index (κ3) is 2.70. The van der Waals surface area contributed by atoms with Crippen LogP contribution in [0.4, 0.5) is 18.9 Å². The third-order valence-electron chi connectivity index (χ3n) is 2.16. The molecule has 0 heterocycles. The number of carbonyl (C=O) groups excluding carboxylic acids is 1. The quantitative estimate of drug-likeness (QED) is 0.560. The van der Waals surface area contributed by atoms with Gasteiger partial charge >= 0.3 is 6.18 Å². The van der Waals surface area contributed by atoms with Crippen LogP contribution < -0.4 is 0 Å². The van der Waals surface area contributed by atoms with E-state index in [4.69, 9.17) is 0 Å². The Hall–Kier alpha value is -1.61.